The van der Waals surface area contributed by atoms with E-state index in [4.69, 9.17) is 0 Å². The van der Waals surface area contributed by atoms with E-state index in [1.54, 1.807) is 21.0 Å². The standard InChI is InChI=1S/C12H24N4O2.ClH/c1-9-7-13-5-6-16(9)8-11(17)14-10(2)12(18)15(3)4;/h9-10,13H,5-8H2,1-4H3,(H,14,17);1H/t9-,10?;/m1./s1. The number of likely N-dealkylation sites (N-methyl/N-ethyl adjacent to an activating group) is 1. The largest absolute Gasteiger partial charge is 0.347 e. The maximum atomic E-state index is 11.9. The number of hydrogen-bond donors (Lipinski definition) is 2. The molecule has 0 bridgehead atoms. The lowest BCUT2D eigenvalue weighted by Gasteiger charge is -2.33. The number of rotatable bonds is 4. The molecule has 0 aliphatic carbocycles. The van der Waals surface area contributed by atoms with Crippen LogP contribution in [-0.4, -0.2) is 74.0 Å². The molecule has 0 radical (unpaired) electrons. The van der Waals surface area contributed by atoms with Gasteiger partial charge < -0.3 is 15.5 Å². The topological polar surface area (TPSA) is 64.7 Å². The zero-order valence-electron chi connectivity index (χ0n) is 12.1. The van der Waals surface area contributed by atoms with Crippen LogP contribution in [0, 0.1) is 0 Å². The summed E-state index contributed by atoms with van der Waals surface area (Å²) in [6.07, 6.45) is 0. The van der Waals surface area contributed by atoms with Gasteiger partial charge in [0.2, 0.25) is 11.8 Å². The average molecular weight is 293 g/mol. The second-order valence-electron chi connectivity index (χ2n) is 5.05. The first-order chi connectivity index (χ1) is 8.41. The zero-order valence-corrected chi connectivity index (χ0v) is 12.9. The van der Waals surface area contributed by atoms with E-state index in [1.807, 2.05) is 0 Å². The molecule has 112 valence electrons. The van der Waals surface area contributed by atoms with Crippen LogP contribution in [0.2, 0.25) is 0 Å². The highest BCUT2D eigenvalue weighted by atomic mass is 35.5. The molecule has 1 unspecified atom stereocenters. The Morgan fingerprint density at radius 3 is 2.63 bits per heavy atom. The van der Waals surface area contributed by atoms with Gasteiger partial charge in [-0.2, -0.15) is 0 Å². The lowest BCUT2D eigenvalue weighted by Crippen LogP contribution is -2.54. The van der Waals surface area contributed by atoms with Gasteiger partial charge in [-0.3, -0.25) is 14.5 Å². The van der Waals surface area contributed by atoms with E-state index in [0.29, 0.717) is 12.6 Å². The molecule has 1 heterocycles. The normalized spacial score (nSPS) is 21.2. The summed E-state index contributed by atoms with van der Waals surface area (Å²) in [4.78, 5) is 27.1. The Morgan fingerprint density at radius 1 is 1.47 bits per heavy atom. The minimum atomic E-state index is -0.467. The highest BCUT2D eigenvalue weighted by Gasteiger charge is 2.22. The first kappa shape index (κ1) is 18.1. The smallest absolute Gasteiger partial charge is 0.244 e. The van der Waals surface area contributed by atoms with Crippen molar-refractivity contribution < 1.29 is 9.59 Å². The van der Waals surface area contributed by atoms with Gasteiger partial charge in [0, 0.05) is 39.8 Å². The van der Waals surface area contributed by atoms with E-state index in [0.717, 1.165) is 19.6 Å². The van der Waals surface area contributed by atoms with Gasteiger partial charge in [0.25, 0.3) is 0 Å². The molecular weight excluding hydrogens is 268 g/mol. The fourth-order valence-electron chi connectivity index (χ4n) is 2.04. The number of halogens is 1. The molecule has 1 aliphatic heterocycles. The Morgan fingerprint density at radius 2 is 2.11 bits per heavy atom. The van der Waals surface area contributed by atoms with Crippen LogP contribution in [0.5, 0.6) is 0 Å². The number of nitrogens with one attached hydrogen (secondary N) is 2. The van der Waals surface area contributed by atoms with Crippen molar-refractivity contribution in [2.45, 2.75) is 25.9 Å². The fourth-order valence-corrected chi connectivity index (χ4v) is 2.04. The van der Waals surface area contributed by atoms with E-state index in [1.165, 1.54) is 4.90 Å². The summed E-state index contributed by atoms with van der Waals surface area (Å²) in [7, 11) is 3.37. The third-order valence-corrected chi connectivity index (χ3v) is 3.17. The Balaban J connectivity index is 0.00000324. The van der Waals surface area contributed by atoms with Gasteiger partial charge in [-0.15, -0.1) is 12.4 Å². The van der Waals surface area contributed by atoms with Crippen molar-refractivity contribution in [2.24, 2.45) is 0 Å². The molecule has 0 spiro atoms. The summed E-state index contributed by atoms with van der Waals surface area (Å²) in [6, 6.07) is -0.116. The molecular formula is C12H25ClN4O2. The molecule has 1 saturated heterocycles. The van der Waals surface area contributed by atoms with Crippen molar-refractivity contribution in [1.29, 1.82) is 0 Å². The van der Waals surface area contributed by atoms with Gasteiger partial charge in [0.05, 0.1) is 6.54 Å². The molecule has 1 fully saturated rings. The van der Waals surface area contributed by atoms with E-state index in [-0.39, 0.29) is 24.2 Å². The molecule has 1 aliphatic rings. The Bertz CT molecular complexity index is 312. The summed E-state index contributed by atoms with van der Waals surface area (Å²) >= 11 is 0. The van der Waals surface area contributed by atoms with Crippen molar-refractivity contribution >= 4 is 24.2 Å². The van der Waals surface area contributed by atoms with Crippen LogP contribution >= 0.6 is 12.4 Å². The third-order valence-electron chi connectivity index (χ3n) is 3.17. The van der Waals surface area contributed by atoms with Crippen molar-refractivity contribution in [2.75, 3.05) is 40.3 Å². The number of piperazine rings is 1. The highest BCUT2D eigenvalue weighted by Crippen LogP contribution is 2.01. The van der Waals surface area contributed by atoms with Gasteiger partial charge in [-0.25, -0.2) is 0 Å². The van der Waals surface area contributed by atoms with E-state index in [2.05, 4.69) is 22.5 Å². The number of nitrogens with zero attached hydrogens (tertiary/aromatic N) is 2. The number of hydrogen-bond acceptors (Lipinski definition) is 4. The first-order valence-electron chi connectivity index (χ1n) is 6.37. The summed E-state index contributed by atoms with van der Waals surface area (Å²) in [6.45, 7) is 6.83. The van der Waals surface area contributed by atoms with Crippen LogP contribution in [-0.2, 0) is 9.59 Å². The van der Waals surface area contributed by atoms with Gasteiger partial charge in [0.1, 0.15) is 6.04 Å². The number of carbonyl (C=O) groups is 2. The molecule has 0 saturated carbocycles. The number of carbonyl (C=O) groups excluding carboxylic acids is 2. The van der Waals surface area contributed by atoms with Crippen LogP contribution in [0.25, 0.3) is 0 Å². The fraction of sp³-hybridized carbons (Fsp3) is 0.833. The molecule has 2 atom stereocenters. The number of amides is 2. The molecule has 7 heteroatoms. The quantitative estimate of drug-likeness (QED) is 0.719. The Labute approximate surface area is 121 Å². The van der Waals surface area contributed by atoms with Crippen LogP contribution in [0.3, 0.4) is 0 Å². The molecule has 0 aromatic rings. The molecule has 0 aromatic heterocycles. The van der Waals surface area contributed by atoms with Gasteiger partial charge in [0.15, 0.2) is 0 Å². The monoisotopic (exact) mass is 292 g/mol. The first-order valence-corrected chi connectivity index (χ1v) is 6.37. The van der Waals surface area contributed by atoms with Crippen LogP contribution in [0.15, 0.2) is 0 Å². The Kier molecular flexibility index (Phi) is 7.97. The SMILES string of the molecule is CC(NC(=O)CN1CCNC[C@H]1C)C(=O)N(C)C.Cl. The van der Waals surface area contributed by atoms with Crippen LogP contribution < -0.4 is 10.6 Å². The Hall–Kier alpha value is -0.850. The van der Waals surface area contributed by atoms with E-state index in [9.17, 15) is 9.59 Å². The third kappa shape index (κ3) is 5.76. The molecule has 6 nitrogen and oxygen atoms in total. The molecule has 2 N–H and O–H groups in total. The van der Waals surface area contributed by atoms with Crippen molar-refractivity contribution in [1.82, 2.24) is 20.4 Å². The van der Waals surface area contributed by atoms with Gasteiger partial charge in [-0.05, 0) is 13.8 Å². The maximum Gasteiger partial charge on any atom is 0.244 e. The second-order valence-corrected chi connectivity index (χ2v) is 5.05. The summed E-state index contributed by atoms with van der Waals surface area (Å²) in [5, 5.41) is 6.01. The molecule has 2 amide bonds. The van der Waals surface area contributed by atoms with Crippen molar-refractivity contribution in [3.63, 3.8) is 0 Å². The van der Waals surface area contributed by atoms with Gasteiger partial charge in [-0.1, -0.05) is 0 Å². The maximum absolute atomic E-state index is 11.9. The van der Waals surface area contributed by atoms with Crippen LogP contribution in [0.1, 0.15) is 13.8 Å². The van der Waals surface area contributed by atoms with Crippen LogP contribution in [0.4, 0.5) is 0 Å². The predicted molar refractivity (Wildman–Crippen MR) is 77.5 cm³/mol. The summed E-state index contributed by atoms with van der Waals surface area (Å²) < 4.78 is 0. The molecule has 1 rings (SSSR count). The predicted octanol–water partition coefficient (Wildman–Crippen LogP) is -0.705. The molecule has 0 aromatic carbocycles. The van der Waals surface area contributed by atoms with E-state index >= 15 is 0 Å². The zero-order chi connectivity index (χ0) is 13.7. The van der Waals surface area contributed by atoms with Crippen molar-refractivity contribution in [3.05, 3.63) is 0 Å². The van der Waals surface area contributed by atoms with Gasteiger partial charge >= 0.3 is 0 Å². The summed E-state index contributed by atoms with van der Waals surface area (Å²) in [5.41, 5.74) is 0. The average Bonchev–Trinajstić information content (AvgIpc) is 2.30. The minimum Gasteiger partial charge on any atom is -0.347 e. The van der Waals surface area contributed by atoms with Crippen molar-refractivity contribution in [3.8, 4) is 0 Å². The highest BCUT2D eigenvalue weighted by molar-refractivity contribution is 5.87. The van der Waals surface area contributed by atoms with E-state index < -0.39 is 6.04 Å². The second kappa shape index (κ2) is 8.35. The summed E-state index contributed by atoms with van der Waals surface area (Å²) in [5.74, 6) is -0.178. The lowest BCUT2D eigenvalue weighted by atomic mass is 10.2. The molecule has 19 heavy (non-hydrogen) atoms. The lowest BCUT2D eigenvalue weighted by molar-refractivity contribution is -0.134. The minimum absolute atomic E-state index is 0.